The van der Waals surface area contributed by atoms with Crippen molar-refractivity contribution in [3.05, 3.63) is 29.8 Å². The van der Waals surface area contributed by atoms with E-state index < -0.39 is 11.6 Å². The van der Waals surface area contributed by atoms with Crippen LogP contribution in [0.3, 0.4) is 0 Å². The minimum atomic E-state index is -0.669. The molecule has 1 aliphatic heterocycles. The van der Waals surface area contributed by atoms with Gasteiger partial charge < -0.3 is 0 Å². The largest absolute Gasteiger partial charge is 0.283 e. The van der Waals surface area contributed by atoms with Crippen LogP contribution < -0.4 is 10.4 Å². The Morgan fingerprint density at radius 2 is 2.13 bits per heavy atom. The highest BCUT2D eigenvalue weighted by atomic mass is 19.1. The van der Waals surface area contributed by atoms with Crippen molar-refractivity contribution < 1.29 is 13.6 Å². The maximum absolute atomic E-state index is 13.3. The van der Waals surface area contributed by atoms with Crippen molar-refractivity contribution >= 4 is 11.6 Å². The molecule has 1 aromatic rings. The van der Waals surface area contributed by atoms with Gasteiger partial charge in [-0.05, 0) is 18.6 Å². The molecule has 1 heterocycles. The van der Waals surface area contributed by atoms with E-state index in [1.807, 2.05) is 0 Å². The first-order chi connectivity index (χ1) is 7.16. The van der Waals surface area contributed by atoms with Crippen LogP contribution in [0.25, 0.3) is 0 Å². The Morgan fingerprint density at radius 1 is 1.33 bits per heavy atom. The van der Waals surface area contributed by atoms with Gasteiger partial charge >= 0.3 is 0 Å². The second kappa shape index (κ2) is 3.84. The van der Waals surface area contributed by atoms with E-state index in [-0.39, 0.29) is 11.6 Å². The highest BCUT2D eigenvalue weighted by Crippen LogP contribution is 2.20. The molecule has 1 aliphatic rings. The van der Waals surface area contributed by atoms with Gasteiger partial charge in [0.05, 0.1) is 5.69 Å². The van der Waals surface area contributed by atoms with E-state index in [2.05, 4.69) is 5.43 Å². The summed E-state index contributed by atoms with van der Waals surface area (Å²) < 4.78 is 26.0. The number of benzene rings is 1. The average molecular weight is 212 g/mol. The van der Waals surface area contributed by atoms with E-state index in [9.17, 15) is 13.6 Å². The van der Waals surface area contributed by atoms with Crippen LogP contribution in [0, 0.1) is 11.6 Å². The van der Waals surface area contributed by atoms with Crippen LogP contribution >= 0.6 is 0 Å². The van der Waals surface area contributed by atoms with Crippen LogP contribution in [0.15, 0.2) is 18.2 Å². The predicted molar refractivity (Wildman–Crippen MR) is 51.1 cm³/mol. The van der Waals surface area contributed by atoms with Gasteiger partial charge in [-0.25, -0.2) is 8.78 Å². The smallest absolute Gasteiger partial charge is 0.238 e. The molecule has 0 aromatic heterocycles. The number of halogens is 2. The van der Waals surface area contributed by atoms with Gasteiger partial charge in [-0.1, -0.05) is 0 Å². The summed E-state index contributed by atoms with van der Waals surface area (Å²) in [6, 6.07) is 3.28. The van der Waals surface area contributed by atoms with E-state index in [0.29, 0.717) is 19.4 Å². The number of nitrogens with zero attached hydrogens (tertiary/aromatic N) is 1. The lowest BCUT2D eigenvalue weighted by molar-refractivity contribution is -0.122. The molecular weight excluding hydrogens is 202 g/mol. The molecule has 1 N–H and O–H groups in total. The average Bonchev–Trinajstić information content (AvgIpc) is 2.17. The maximum atomic E-state index is 13.3. The van der Waals surface area contributed by atoms with Gasteiger partial charge in [0.15, 0.2) is 5.82 Å². The summed E-state index contributed by atoms with van der Waals surface area (Å²) in [5.74, 6) is -1.44. The van der Waals surface area contributed by atoms with Crippen LogP contribution in [-0.2, 0) is 4.79 Å². The first kappa shape index (κ1) is 9.89. The molecular formula is C10H10F2N2O. The van der Waals surface area contributed by atoms with Crippen molar-refractivity contribution in [1.82, 2.24) is 5.43 Å². The zero-order valence-corrected chi connectivity index (χ0v) is 7.96. The highest BCUT2D eigenvalue weighted by Gasteiger charge is 2.18. The number of nitrogens with one attached hydrogen (secondary N) is 1. The molecule has 0 saturated carbocycles. The number of rotatable bonds is 1. The van der Waals surface area contributed by atoms with Crippen molar-refractivity contribution in [2.45, 2.75) is 12.8 Å². The minimum absolute atomic E-state index is 0.148. The normalized spacial score (nSPS) is 16.4. The fourth-order valence-corrected chi connectivity index (χ4v) is 1.54. The number of anilines is 1. The summed E-state index contributed by atoms with van der Waals surface area (Å²) in [6.45, 7) is 0.536. The molecule has 1 fully saturated rings. The van der Waals surface area contributed by atoms with Crippen LogP contribution in [0.4, 0.5) is 14.5 Å². The maximum Gasteiger partial charge on any atom is 0.238 e. The lowest BCUT2D eigenvalue weighted by Crippen LogP contribution is -2.47. The third-order valence-electron chi connectivity index (χ3n) is 2.25. The number of hydrazine groups is 1. The Bertz CT molecular complexity index is 395. The van der Waals surface area contributed by atoms with Gasteiger partial charge in [-0.3, -0.25) is 15.2 Å². The van der Waals surface area contributed by atoms with Crippen molar-refractivity contribution in [1.29, 1.82) is 0 Å². The summed E-state index contributed by atoms with van der Waals surface area (Å²) in [5, 5.41) is 1.40. The Kier molecular flexibility index (Phi) is 2.53. The van der Waals surface area contributed by atoms with Gasteiger partial charge in [-0.2, -0.15) is 0 Å². The lowest BCUT2D eigenvalue weighted by Gasteiger charge is -2.29. The number of hydrogen-bond acceptors (Lipinski definition) is 2. The molecule has 2 rings (SSSR count). The molecule has 15 heavy (non-hydrogen) atoms. The van der Waals surface area contributed by atoms with Crippen LogP contribution in [-0.4, -0.2) is 12.5 Å². The zero-order valence-electron chi connectivity index (χ0n) is 7.96. The summed E-state index contributed by atoms with van der Waals surface area (Å²) >= 11 is 0. The summed E-state index contributed by atoms with van der Waals surface area (Å²) in [6.07, 6.45) is 1.11. The molecule has 1 amide bonds. The van der Waals surface area contributed by atoms with Gasteiger partial charge in [0.2, 0.25) is 5.91 Å². The molecule has 0 radical (unpaired) electrons. The van der Waals surface area contributed by atoms with Crippen LogP contribution in [0.5, 0.6) is 0 Å². The molecule has 0 aliphatic carbocycles. The Labute approximate surface area is 85.7 Å². The Balaban J connectivity index is 2.24. The first-order valence-corrected chi connectivity index (χ1v) is 4.69. The third-order valence-corrected chi connectivity index (χ3v) is 2.25. The van der Waals surface area contributed by atoms with Gasteiger partial charge in [-0.15, -0.1) is 0 Å². The molecule has 0 unspecified atom stereocenters. The minimum Gasteiger partial charge on any atom is -0.283 e. The van der Waals surface area contributed by atoms with E-state index in [0.717, 1.165) is 6.07 Å². The van der Waals surface area contributed by atoms with Crippen LogP contribution in [0.2, 0.25) is 0 Å². The van der Waals surface area contributed by atoms with Gasteiger partial charge in [0.1, 0.15) is 5.82 Å². The standard InChI is InChI=1S/C10H10F2N2O/c11-7-3-4-9(8(12)6-7)14-5-1-2-10(15)13-14/h3-4,6H,1-2,5H2,(H,13,15). The van der Waals surface area contributed by atoms with Gasteiger partial charge in [0, 0.05) is 19.0 Å². The van der Waals surface area contributed by atoms with E-state index in [1.165, 1.54) is 17.1 Å². The molecule has 0 bridgehead atoms. The second-order valence-corrected chi connectivity index (χ2v) is 3.39. The monoisotopic (exact) mass is 212 g/mol. The molecule has 1 saturated heterocycles. The number of carbonyl (C=O) groups excluding carboxylic acids is 1. The van der Waals surface area contributed by atoms with Crippen molar-refractivity contribution in [2.75, 3.05) is 11.6 Å². The molecule has 3 nitrogen and oxygen atoms in total. The van der Waals surface area contributed by atoms with Crippen LogP contribution in [0.1, 0.15) is 12.8 Å². The lowest BCUT2D eigenvalue weighted by atomic mass is 10.2. The van der Waals surface area contributed by atoms with Gasteiger partial charge in [0.25, 0.3) is 0 Å². The van der Waals surface area contributed by atoms with Crippen molar-refractivity contribution in [3.63, 3.8) is 0 Å². The Morgan fingerprint density at radius 3 is 2.80 bits per heavy atom. The molecule has 1 aromatic carbocycles. The SMILES string of the molecule is O=C1CCCN(c2ccc(F)cc2F)N1. The fourth-order valence-electron chi connectivity index (χ4n) is 1.54. The van der Waals surface area contributed by atoms with Crippen molar-refractivity contribution in [3.8, 4) is 0 Å². The predicted octanol–water partition coefficient (Wildman–Crippen LogP) is 1.60. The fraction of sp³-hybridized carbons (Fsp3) is 0.300. The van der Waals surface area contributed by atoms with Crippen molar-refractivity contribution in [2.24, 2.45) is 0 Å². The quantitative estimate of drug-likeness (QED) is 0.766. The summed E-state index contributed by atoms with van der Waals surface area (Å²) in [5.41, 5.74) is 2.72. The highest BCUT2D eigenvalue weighted by molar-refractivity contribution is 5.79. The molecule has 5 heteroatoms. The Hall–Kier alpha value is -1.65. The van der Waals surface area contributed by atoms with E-state index in [1.54, 1.807) is 0 Å². The molecule has 0 spiro atoms. The zero-order chi connectivity index (χ0) is 10.8. The number of amides is 1. The third kappa shape index (κ3) is 2.06. The number of hydrogen-bond donors (Lipinski definition) is 1. The molecule has 80 valence electrons. The molecule has 0 atom stereocenters. The first-order valence-electron chi connectivity index (χ1n) is 4.69. The summed E-state index contributed by atoms with van der Waals surface area (Å²) in [7, 11) is 0. The summed E-state index contributed by atoms with van der Waals surface area (Å²) in [4.78, 5) is 11.1. The second-order valence-electron chi connectivity index (χ2n) is 3.39. The van der Waals surface area contributed by atoms with E-state index >= 15 is 0 Å². The van der Waals surface area contributed by atoms with E-state index in [4.69, 9.17) is 0 Å². The number of carbonyl (C=O) groups is 1. The topological polar surface area (TPSA) is 32.3 Å².